The van der Waals surface area contributed by atoms with Crippen molar-refractivity contribution in [2.75, 3.05) is 6.61 Å². The summed E-state index contributed by atoms with van der Waals surface area (Å²) in [5.41, 5.74) is 1.82. The Morgan fingerprint density at radius 1 is 1.02 bits per heavy atom. The van der Waals surface area contributed by atoms with Gasteiger partial charge in [-0.3, -0.25) is 13.9 Å². The molecule has 3 heterocycles. The van der Waals surface area contributed by atoms with Gasteiger partial charge in [-0.1, -0.05) is 12.1 Å². The first-order valence-electron chi connectivity index (χ1n) is 14.1. The van der Waals surface area contributed by atoms with Crippen LogP contribution in [0.5, 0.6) is 5.88 Å². The molecule has 0 saturated heterocycles. The third kappa shape index (κ3) is 4.64. The fourth-order valence-electron chi connectivity index (χ4n) is 6.46. The largest absolute Gasteiger partial charge is 0.474 e. The maximum absolute atomic E-state index is 13.7. The summed E-state index contributed by atoms with van der Waals surface area (Å²) in [6, 6.07) is 9.85. The fourth-order valence-corrected chi connectivity index (χ4v) is 6.46. The lowest BCUT2D eigenvalue weighted by Crippen LogP contribution is -2.40. The number of aromatic nitrogens is 5. The number of aryl methyl sites for hydroxylation is 2. The van der Waals surface area contributed by atoms with Gasteiger partial charge in [0.15, 0.2) is 11.2 Å². The van der Waals surface area contributed by atoms with Gasteiger partial charge in [0, 0.05) is 37.9 Å². The average molecular weight is 548 g/mol. The molecule has 2 aliphatic rings. The van der Waals surface area contributed by atoms with Crippen LogP contribution in [0.15, 0.2) is 46.0 Å². The van der Waals surface area contributed by atoms with Gasteiger partial charge < -0.3 is 14.4 Å². The number of benzene rings is 1. The zero-order valence-corrected chi connectivity index (χ0v) is 22.8. The molecule has 210 valence electrons. The molecule has 1 aromatic carbocycles. The normalized spacial score (nSPS) is 20.1. The third-order valence-corrected chi connectivity index (χ3v) is 8.47. The van der Waals surface area contributed by atoms with Crippen LogP contribution in [0, 0.1) is 24.6 Å². The van der Waals surface area contributed by atoms with Gasteiger partial charge in [-0.25, -0.2) is 19.2 Å². The van der Waals surface area contributed by atoms with Crippen LogP contribution in [0.3, 0.4) is 0 Å². The number of nitrogens with zero attached hydrogens (tertiary/aromatic N) is 5. The quantitative estimate of drug-likeness (QED) is 0.341. The fraction of sp³-hybridized carbons (Fsp3) is 0.467. The van der Waals surface area contributed by atoms with E-state index in [1.807, 2.05) is 26.0 Å². The van der Waals surface area contributed by atoms with Gasteiger partial charge in [0.05, 0.1) is 5.69 Å². The van der Waals surface area contributed by atoms with E-state index in [0.29, 0.717) is 29.9 Å². The van der Waals surface area contributed by atoms with Gasteiger partial charge in [0.1, 0.15) is 17.7 Å². The Bertz CT molecular complexity index is 1670. The van der Waals surface area contributed by atoms with Crippen LogP contribution < -0.4 is 16.0 Å². The van der Waals surface area contributed by atoms with Gasteiger partial charge in [-0.2, -0.15) is 0 Å². The molecule has 2 fully saturated rings. The summed E-state index contributed by atoms with van der Waals surface area (Å²) in [4.78, 5) is 36.6. The van der Waals surface area contributed by atoms with Crippen molar-refractivity contribution in [1.82, 2.24) is 23.7 Å². The summed E-state index contributed by atoms with van der Waals surface area (Å²) in [7, 11) is 0. The van der Waals surface area contributed by atoms with Crippen molar-refractivity contribution in [2.24, 2.45) is 11.8 Å². The van der Waals surface area contributed by atoms with Crippen LogP contribution in [0.25, 0.3) is 22.6 Å². The van der Waals surface area contributed by atoms with Crippen molar-refractivity contribution in [1.29, 1.82) is 0 Å². The molecule has 0 aliphatic heterocycles. The third-order valence-electron chi connectivity index (χ3n) is 8.47. The lowest BCUT2D eigenvalue weighted by atomic mass is 9.98. The maximum atomic E-state index is 13.7. The zero-order valence-electron chi connectivity index (χ0n) is 22.8. The average Bonchev–Trinajstić information content (AvgIpc) is 3.66. The van der Waals surface area contributed by atoms with Gasteiger partial charge in [-0.05, 0) is 81.5 Å². The van der Waals surface area contributed by atoms with E-state index in [1.165, 1.54) is 36.0 Å². The van der Waals surface area contributed by atoms with E-state index in [9.17, 15) is 19.1 Å². The zero-order chi connectivity index (χ0) is 28.0. The van der Waals surface area contributed by atoms with E-state index < -0.39 is 11.2 Å². The molecular formula is C30H34FN5O4. The lowest BCUT2D eigenvalue weighted by Gasteiger charge is -2.22. The summed E-state index contributed by atoms with van der Waals surface area (Å²) in [6.07, 6.45) is 5.31. The minimum atomic E-state index is -0.471. The SMILES string of the molecule is CCn1c(=O)n(CCCO)c(=O)c2c1nc(-c1ccc(OC3CC4CCC3C4)nc1C)n2Cc1ccc(F)cc1. The Hall–Kier alpha value is -3.79. The Morgan fingerprint density at radius 3 is 2.48 bits per heavy atom. The molecule has 2 saturated carbocycles. The number of fused-ring (bicyclic) bond motifs is 3. The molecule has 1 N–H and O–H groups in total. The summed E-state index contributed by atoms with van der Waals surface area (Å²) in [5, 5.41) is 9.36. The van der Waals surface area contributed by atoms with Crippen LogP contribution in [0.2, 0.25) is 0 Å². The van der Waals surface area contributed by atoms with Crippen molar-refractivity contribution in [3.63, 3.8) is 0 Å². The van der Waals surface area contributed by atoms with Crippen molar-refractivity contribution in [2.45, 2.75) is 71.7 Å². The molecular weight excluding hydrogens is 513 g/mol. The Labute approximate surface area is 230 Å². The first kappa shape index (κ1) is 26.4. The number of halogens is 1. The van der Waals surface area contributed by atoms with Gasteiger partial charge >= 0.3 is 5.69 Å². The second-order valence-corrected chi connectivity index (χ2v) is 11.0. The minimum Gasteiger partial charge on any atom is -0.474 e. The number of hydrogen-bond acceptors (Lipinski definition) is 6. The minimum absolute atomic E-state index is 0.0941. The molecule has 3 atom stereocenters. The number of pyridine rings is 1. The van der Waals surface area contributed by atoms with Gasteiger partial charge in [-0.15, -0.1) is 0 Å². The van der Waals surface area contributed by atoms with Gasteiger partial charge in [0.25, 0.3) is 5.56 Å². The smallest absolute Gasteiger partial charge is 0.332 e. The van der Waals surface area contributed by atoms with Gasteiger partial charge in [0.2, 0.25) is 5.88 Å². The number of ether oxygens (including phenoxy) is 1. The van der Waals surface area contributed by atoms with Crippen LogP contribution >= 0.6 is 0 Å². The standard InChI is InChI=1S/C30H34FN5O4/c1-3-34-28-26(29(38)35(30(34)39)13-4-14-37)36(17-19-6-9-22(31)10-7-19)27(33-28)23-11-12-25(32-18(23)2)40-24-16-20-5-8-21(24)15-20/h6-7,9-12,20-21,24,37H,3-5,8,13-17H2,1-2H3. The van der Waals surface area contributed by atoms with E-state index in [4.69, 9.17) is 14.7 Å². The van der Waals surface area contributed by atoms with Crippen molar-refractivity contribution in [3.8, 4) is 17.3 Å². The molecule has 10 heteroatoms. The highest BCUT2D eigenvalue weighted by Gasteiger charge is 2.41. The predicted octanol–water partition coefficient (Wildman–Crippen LogP) is 3.89. The van der Waals surface area contributed by atoms with E-state index in [1.54, 1.807) is 16.7 Å². The Kier molecular flexibility index (Phi) is 7.04. The Morgan fingerprint density at radius 2 is 1.82 bits per heavy atom. The van der Waals surface area contributed by atoms with Crippen molar-refractivity contribution < 1.29 is 14.2 Å². The highest BCUT2D eigenvalue weighted by atomic mass is 19.1. The van der Waals surface area contributed by atoms with Crippen molar-refractivity contribution >= 4 is 11.2 Å². The first-order chi connectivity index (χ1) is 19.4. The molecule has 4 aromatic rings. The summed E-state index contributed by atoms with van der Waals surface area (Å²) >= 11 is 0. The van der Waals surface area contributed by atoms with Crippen molar-refractivity contribution in [3.05, 3.63) is 74.3 Å². The highest BCUT2D eigenvalue weighted by molar-refractivity contribution is 5.78. The molecule has 40 heavy (non-hydrogen) atoms. The molecule has 0 radical (unpaired) electrons. The Balaban J connectivity index is 1.48. The summed E-state index contributed by atoms with van der Waals surface area (Å²) in [6.45, 7) is 4.22. The molecule has 0 spiro atoms. The number of aliphatic hydroxyl groups excluding tert-OH is 1. The highest BCUT2D eigenvalue weighted by Crippen LogP contribution is 2.46. The first-order valence-corrected chi connectivity index (χ1v) is 14.1. The topological polar surface area (TPSA) is 104 Å². The monoisotopic (exact) mass is 547 g/mol. The number of imidazole rings is 1. The second kappa shape index (κ2) is 10.6. The lowest BCUT2D eigenvalue weighted by molar-refractivity contribution is 0.132. The van der Waals surface area contributed by atoms with E-state index >= 15 is 0 Å². The molecule has 6 rings (SSSR count). The van der Waals surface area contributed by atoms with Crippen LogP contribution in [0.4, 0.5) is 4.39 Å². The van der Waals surface area contributed by atoms with Crippen LogP contribution in [0.1, 0.15) is 50.3 Å². The second-order valence-electron chi connectivity index (χ2n) is 11.0. The number of rotatable bonds is 9. The molecule has 9 nitrogen and oxygen atoms in total. The number of aliphatic hydroxyl groups is 1. The van der Waals surface area contributed by atoms with E-state index in [-0.39, 0.29) is 49.2 Å². The molecule has 2 bridgehead atoms. The molecule has 2 aliphatic carbocycles. The summed E-state index contributed by atoms with van der Waals surface area (Å²) in [5.74, 6) is 2.09. The molecule has 3 aromatic heterocycles. The predicted molar refractivity (Wildman–Crippen MR) is 149 cm³/mol. The number of hydrogen-bond donors (Lipinski definition) is 1. The van der Waals surface area contributed by atoms with Crippen LogP contribution in [-0.2, 0) is 19.6 Å². The summed E-state index contributed by atoms with van der Waals surface area (Å²) < 4.78 is 24.4. The maximum Gasteiger partial charge on any atom is 0.332 e. The molecule has 0 amide bonds. The van der Waals surface area contributed by atoms with Crippen LogP contribution in [-0.4, -0.2) is 41.5 Å². The van der Waals surface area contributed by atoms with E-state index in [2.05, 4.69) is 0 Å². The van der Waals surface area contributed by atoms with E-state index in [0.717, 1.165) is 28.0 Å². The molecule has 3 unspecified atom stereocenters.